The van der Waals surface area contributed by atoms with Crippen LogP contribution in [-0.2, 0) is 0 Å². The SMILES string of the molecule is O=C1c2ccccc2-c2cc(Br)c3c4c(Br)cc5c6c(ccc(c7ccc1c2c73)c64)C(=O)c1ccccc1-5. The molecule has 0 atom stereocenters. The van der Waals surface area contributed by atoms with Gasteiger partial charge in [0.25, 0.3) is 0 Å². The van der Waals surface area contributed by atoms with Crippen LogP contribution in [0.1, 0.15) is 31.8 Å². The molecule has 7 aromatic carbocycles. The van der Waals surface area contributed by atoms with Crippen molar-refractivity contribution in [2.24, 2.45) is 0 Å². The first-order valence-electron chi connectivity index (χ1n) is 12.4. The zero-order valence-corrected chi connectivity index (χ0v) is 22.8. The summed E-state index contributed by atoms with van der Waals surface area (Å²) in [7, 11) is 0. The lowest BCUT2D eigenvalue weighted by molar-refractivity contribution is 0.103. The molecule has 7 aromatic rings. The minimum Gasteiger partial charge on any atom is -0.289 e. The lowest BCUT2D eigenvalue weighted by atomic mass is 9.76. The van der Waals surface area contributed by atoms with Crippen molar-refractivity contribution in [2.45, 2.75) is 0 Å². The van der Waals surface area contributed by atoms with E-state index in [1.165, 1.54) is 0 Å². The number of hydrogen-bond donors (Lipinski definition) is 0. The van der Waals surface area contributed by atoms with Crippen molar-refractivity contribution >= 4 is 86.5 Å². The second-order valence-corrected chi connectivity index (χ2v) is 11.8. The molecule has 0 amide bonds. The van der Waals surface area contributed by atoms with Crippen molar-refractivity contribution in [3.63, 3.8) is 0 Å². The molecule has 0 N–H and O–H groups in total. The van der Waals surface area contributed by atoms with E-state index in [9.17, 15) is 9.59 Å². The molecule has 0 bridgehead atoms. The molecule has 0 saturated carbocycles. The van der Waals surface area contributed by atoms with Crippen molar-refractivity contribution in [3.05, 3.63) is 116 Å². The van der Waals surface area contributed by atoms with E-state index >= 15 is 0 Å². The number of carbonyl (C=O) groups excluding carboxylic acids is 2. The fourth-order valence-electron chi connectivity index (χ4n) is 6.93. The Kier molecular flexibility index (Phi) is 3.87. The second kappa shape index (κ2) is 6.96. The minimum absolute atomic E-state index is 0.0604. The lowest BCUT2D eigenvalue weighted by Gasteiger charge is -2.26. The standard InChI is InChI=1S/C34H14Br2O2/c35-25-13-23-15-5-1-3-7-19(15)33(37)21-11-9-17-18-10-12-22-28-24(16-6-2-4-8-20(16)34(22)38)14-26(36)32(30(18)28)31(25)29(17)27(21)23/h1-14H. The molecule has 0 radical (unpaired) electrons. The van der Waals surface area contributed by atoms with Crippen LogP contribution in [-0.4, -0.2) is 11.6 Å². The Bertz CT molecular complexity index is 2130. The number of benzene rings is 7. The highest BCUT2D eigenvalue weighted by atomic mass is 79.9. The molecular formula is C34H14Br2O2. The third kappa shape index (κ3) is 2.31. The summed E-state index contributed by atoms with van der Waals surface area (Å²) in [6.45, 7) is 0. The maximum absolute atomic E-state index is 13.6. The summed E-state index contributed by atoms with van der Waals surface area (Å²) >= 11 is 7.87. The van der Waals surface area contributed by atoms with Gasteiger partial charge in [-0.15, -0.1) is 0 Å². The number of carbonyl (C=O) groups is 2. The molecule has 0 saturated heterocycles. The molecule has 2 aliphatic rings. The summed E-state index contributed by atoms with van der Waals surface area (Å²) in [6, 6.07) is 28.2. The maximum atomic E-state index is 13.6. The van der Waals surface area contributed by atoms with Gasteiger partial charge >= 0.3 is 0 Å². The van der Waals surface area contributed by atoms with Crippen molar-refractivity contribution in [1.29, 1.82) is 0 Å². The average Bonchev–Trinajstić information content (AvgIpc) is 2.95. The molecule has 0 spiro atoms. The summed E-state index contributed by atoms with van der Waals surface area (Å²) in [6.07, 6.45) is 0. The molecule has 4 heteroatoms. The molecule has 0 aliphatic heterocycles. The molecule has 0 heterocycles. The van der Waals surface area contributed by atoms with Gasteiger partial charge in [0.05, 0.1) is 0 Å². The van der Waals surface area contributed by atoms with Crippen LogP contribution in [0.25, 0.3) is 65.3 Å². The van der Waals surface area contributed by atoms with Gasteiger partial charge in [0.2, 0.25) is 0 Å². The zero-order chi connectivity index (χ0) is 25.4. The highest BCUT2D eigenvalue weighted by Gasteiger charge is 2.32. The van der Waals surface area contributed by atoms with Crippen LogP contribution in [0.2, 0.25) is 0 Å². The van der Waals surface area contributed by atoms with Crippen molar-refractivity contribution in [2.75, 3.05) is 0 Å². The Morgan fingerprint density at radius 2 is 0.763 bits per heavy atom. The van der Waals surface area contributed by atoms with Crippen molar-refractivity contribution < 1.29 is 9.59 Å². The summed E-state index contributed by atoms with van der Waals surface area (Å²) < 4.78 is 1.94. The van der Waals surface area contributed by atoms with Gasteiger partial charge in [-0.3, -0.25) is 9.59 Å². The smallest absolute Gasteiger partial charge is 0.194 e. The van der Waals surface area contributed by atoms with Crippen LogP contribution in [0.5, 0.6) is 0 Å². The van der Waals surface area contributed by atoms with Gasteiger partial charge in [0, 0.05) is 52.7 Å². The first kappa shape index (κ1) is 21.1. The normalized spacial score (nSPS) is 13.6. The van der Waals surface area contributed by atoms with E-state index in [1.54, 1.807) is 0 Å². The van der Waals surface area contributed by atoms with E-state index in [2.05, 4.69) is 56.1 Å². The van der Waals surface area contributed by atoms with Gasteiger partial charge in [0.15, 0.2) is 11.6 Å². The summed E-state index contributed by atoms with van der Waals surface area (Å²) in [5.74, 6) is 0.121. The molecule has 9 rings (SSSR count). The second-order valence-electron chi connectivity index (χ2n) is 10.1. The Labute approximate surface area is 233 Å². The monoisotopic (exact) mass is 612 g/mol. The average molecular weight is 614 g/mol. The molecule has 176 valence electrons. The molecule has 0 unspecified atom stereocenters. The Hall–Kier alpha value is -3.86. The van der Waals surface area contributed by atoms with E-state index in [0.717, 1.165) is 96.5 Å². The zero-order valence-electron chi connectivity index (χ0n) is 19.7. The molecule has 0 fully saturated rings. The highest BCUT2D eigenvalue weighted by molar-refractivity contribution is 9.11. The van der Waals surface area contributed by atoms with Crippen LogP contribution < -0.4 is 0 Å². The quantitative estimate of drug-likeness (QED) is 0.126. The Balaban J connectivity index is 1.58. The number of ketones is 2. The van der Waals surface area contributed by atoms with Gasteiger partial charge in [-0.2, -0.15) is 0 Å². The van der Waals surface area contributed by atoms with Crippen LogP contribution in [0.15, 0.2) is 93.9 Å². The topological polar surface area (TPSA) is 34.1 Å². The van der Waals surface area contributed by atoms with Gasteiger partial charge in [0.1, 0.15) is 0 Å². The highest BCUT2D eigenvalue weighted by Crippen LogP contribution is 2.53. The van der Waals surface area contributed by atoms with Crippen molar-refractivity contribution in [3.8, 4) is 22.3 Å². The van der Waals surface area contributed by atoms with Crippen LogP contribution >= 0.6 is 31.9 Å². The first-order valence-corrected chi connectivity index (χ1v) is 14.0. The van der Waals surface area contributed by atoms with Gasteiger partial charge in [-0.05, 0) is 68.1 Å². The third-order valence-electron chi connectivity index (χ3n) is 8.42. The van der Waals surface area contributed by atoms with E-state index in [0.29, 0.717) is 0 Å². The van der Waals surface area contributed by atoms with Gasteiger partial charge in [-0.25, -0.2) is 0 Å². The number of fused-ring (bicyclic) bond motifs is 6. The summed E-state index contributed by atoms with van der Waals surface area (Å²) in [5, 5.41) is 8.44. The molecular weight excluding hydrogens is 600 g/mol. The van der Waals surface area contributed by atoms with Crippen LogP contribution in [0, 0.1) is 0 Å². The predicted molar refractivity (Wildman–Crippen MR) is 161 cm³/mol. The van der Waals surface area contributed by atoms with E-state index in [4.69, 9.17) is 0 Å². The molecule has 38 heavy (non-hydrogen) atoms. The van der Waals surface area contributed by atoms with Crippen LogP contribution in [0.3, 0.4) is 0 Å². The van der Waals surface area contributed by atoms with Gasteiger partial charge in [-0.1, -0.05) is 92.5 Å². The third-order valence-corrected chi connectivity index (χ3v) is 9.67. The molecule has 2 nitrogen and oxygen atoms in total. The Morgan fingerprint density at radius 1 is 0.368 bits per heavy atom. The molecule has 0 aromatic heterocycles. The van der Waals surface area contributed by atoms with Gasteiger partial charge < -0.3 is 0 Å². The van der Waals surface area contributed by atoms with E-state index in [-0.39, 0.29) is 11.6 Å². The fourth-order valence-corrected chi connectivity index (χ4v) is 8.18. The largest absolute Gasteiger partial charge is 0.289 e. The first-order chi connectivity index (χ1) is 18.5. The molecule has 2 aliphatic carbocycles. The lowest BCUT2D eigenvalue weighted by Crippen LogP contribution is -2.11. The van der Waals surface area contributed by atoms with E-state index in [1.807, 2.05) is 60.7 Å². The van der Waals surface area contributed by atoms with E-state index < -0.39 is 0 Å². The summed E-state index contributed by atoms with van der Waals surface area (Å²) in [4.78, 5) is 27.3. The predicted octanol–water partition coefficient (Wildman–Crippen LogP) is 9.68. The van der Waals surface area contributed by atoms with Crippen molar-refractivity contribution in [1.82, 2.24) is 0 Å². The number of hydrogen-bond acceptors (Lipinski definition) is 2. The summed E-state index contributed by atoms with van der Waals surface area (Å²) in [5.41, 5.74) is 7.01. The Morgan fingerprint density at radius 3 is 1.18 bits per heavy atom. The number of rotatable bonds is 0. The van der Waals surface area contributed by atoms with Crippen LogP contribution in [0.4, 0.5) is 0 Å². The number of halogens is 2. The maximum Gasteiger partial charge on any atom is 0.194 e. The fraction of sp³-hybridized carbons (Fsp3) is 0. The minimum atomic E-state index is 0.0604.